The molecule has 1 aliphatic heterocycles. The predicted molar refractivity (Wildman–Crippen MR) is 66.2 cm³/mol. The van der Waals surface area contributed by atoms with Gasteiger partial charge in [0.2, 0.25) is 0 Å². The number of ether oxygens (including phenoxy) is 1. The Bertz CT molecular complexity index is 338. The second-order valence-electron chi connectivity index (χ2n) is 4.82. The van der Waals surface area contributed by atoms with Crippen LogP contribution in [0.25, 0.3) is 0 Å². The van der Waals surface area contributed by atoms with Crippen molar-refractivity contribution < 1.29 is 4.74 Å². The van der Waals surface area contributed by atoms with Gasteiger partial charge in [-0.3, -0.25) is 4.90 Å². The van der Waals surface area contributed by atoms with Gasteiger partial charge in [0.1, 0.15) is 0 Å². The number of hydrogen-bond donors (Lipinski definition) is 0. The Labute approximate surface area is 98.2 Å². The van der Waals surface area contributed by atoms with Crippen molar-refractivity contribution in [2.45, 2.75) is 25.9 Å². The quantitative estimate of drug-likeness (QED) is 0.758. The first kappa shape index (κ1) is 11.6. The zero-order valence-corrected chi connectivity index (χ0v) is 10.4. The molecule has 2 rings (SSSR count). The molecule has 0 unspecified atom stereocenters. The lowest BCUT2D eigenvalue weighted by Gasteiger charge is -2.45. The molecule has 16 heavy (non-hydrogen) atoms. The Morgan fingerprint density at radius 3 is 2.62 bits per heavy atom. The van der Waals surface area contributed by atoms with Gasteiger partial charge >= 0.3 is 0 Å². The molecule has 0 radical (unpaired) electrons. The monoisotopic (exact) mass is 219 g/mol. The van der Waals surface area contributed by atoms with E-state index in [0.29, 0.717) is 5.92 Å². The lowest BCUT2D eigenvalue weighted by atomic mass is 9.79. The largest absolute Gasteiger partial charge is 0.355 e. The SMILES string of the molecule is CC[C@]1(c2ccccc2)OCN(C)C[C@H]1C. The van der Waals surface area contributed by atoms with E-state index in [-0.39, 0.29) is 5.60 Å². The summed E-state index contributed by atoms with van der Waals surface area (Å²) in [5, 5.41) is 0. The third-order valence-corrected chi connectivity index (χ3v) is 3.71. The molecule has 0 bridgehead atoms. The summed E-state index contributed by atoms with van der Waals surface area (Å²) in [5.74, 6) is 0.527. The van der Waals surface area contributed by atoms with Gasteiger partial charge in [-0.25, -0.2) is 0 Å². The van der Waals surface area contributed by atoms with E-state index in [9.17, 15) is 0 Å². The molecule has 0 aliphatic carbocycles. The van der Waals surface area contributed by atoms with Gasteiger partial charge in [-0.05, 0) is 19.0 Å². The zero-order valence-electron chi connectivity index (χ0n) is 10.4. The van der Waals surface area contributed by atoms with Gasteiger partial charge in [0.05, 0.1) is 12.3 Å². The first-order valence-corrected chi connectivity index (χ1v) is 6.07. The molecule has 0 saturated carbocycles. The fourth-order valence-electron chi connectivity index (χ4n) is 2.78. The van der Waals surface area contributed by atoms with E-state index in [2.05, 4.69) is 56.1 Å². The van der Waals surface area contributed by atoms with Crippen molar-refractivity contribution in [2.75, 3.05) is 20.3 Å². The first-order chi connectivity index (χ1) is 7.69. The molecule has 0 aromatic heterocycles. The highest BCUT2D eigenvalue weighted by Crippen LogP contribution is 2.39. The summed E-state index contributed by atoms with van der Waals surface area (Å²) in [6.07, 6.45) is 1.03. The van der Waals surface area contributed by atoms with Crippen LogP contribution in [-0.2, 0) is 10.3 Å². The van der Waals surface area contributed by atoms with E-state index in [1.165, 1.54) is 5.56 Å². The van der Waals surface area contributed by atoms with Crippen molar-refractivity contribution in [3.8, 4) is 0 Å². The van der Waals surface area contributed by atoms with Crippen LogP contribution in [0.4, 0.5) is 0 Å². The Morgan fingerprint density at radius 1 is 1.38 bits per heavy atom. The molecule has 0 spiro atoms. The smallest absolute Gasteiger partial charge is 0.1000 e. The highest BCUT2D eigenvalue weighted by Gasteiger charge is 2.40. The molecular formula is C14H21NO. The second-order valence-corrected chi connectivity index (χ2v) is 4.82. The summed E-state index contributed by atoms with van der Waals surface area (Å²) in [5.41, 5.74) is 1.23. The fraction of sp³-hybridized carbons (Fsp3) is 0.571. The molecule has 1 saturated heterocycles. The van der Waals surface area contributed by atoms with Gasteiger partial charge in [0.25, 0.3) is 0 Å². The maximum Gasteiger partial charge on any atom is 0.1000 e. The van der Waals surface area contributed by atoms with Crippen LogP contribution in [0.15, 0.2) is 30.3 Å². The maximum atomic E-state index is 6.15. The van der Waals surface area contributed by atoms with Crippen LogP contribution in [0.5, 0.6) is 0 Å². The Balaban J connectivity index is 2.32. The van der Waals surface area contributed by atoms with Gasteiger partial charge in [0.15, 0.2) is 0 Å². The minimum absolute atomic E-state index is 0.0895. The summed E-state index contributed by atoms with van der Waals surface area (Å²) in [6.45, 7) is 6.33. The fourth-order valence-corrected chi connectivity index (χ4v) is 2.78. The van der Waals surface area contributed by atoms with Crippen molar-refractivity contribution in [1.29, 1.82) is 0 Å². The van der Waals surface area contributed by atoms with Crippen LogP contribution < -0.4 is 0 Å². The normalized spacial score (nSPS) is 31.6. The van der Waals surface area contributed by atoms with E-state index in [4.69, 9.17) is 4.74 Å². The average molecular weight is 219 g/mol. The number of nitrogens with zero attached hydrogens (tertiary/aromatic N) is 1. The Kier molecular flexibility index (Phi) is 3.31. The highest BCUT2D eigenvalue weighted by atomic mass is 16.5. The second kappa shape index (κ2) is 4.56. The summed E-state index contributed by atoms with van der Waals surface area (Å²) in [4.78, 5) is 2.24. The van der Waals surface area contributed by atoms with E-state index in [1.54, 1.807) is 0 Å². The minimum Gasteiger partial charge on any atom is -0.355 e. The standard InChI is InChI=1S/C14H21NO/c1-4-14(13-8-6-5-7-9-13)12(2)10-15(3)11-16-14/h5-9,12H,4,10-11H2,1-3H3/t12-,14+/m1/s1. The Hall–Kier alpha value is -0.860. The lowest BCUT2D eigenvalue weighted by Crippen LogP contribution is -2.49. The van der Waals surface area contributed by atoms with Crippen molar-refractivity contribution in [3.63, 3.8) is 0 Å². The van der Waals surface area contributed by atoms with E-state index in [0.717, 1.165) is 19.7 Å². The van der Waals surface area contributed by atoms with Crippen LogP contribution in [-0.4, -0.2) is 25.2 Å². The van der Waals surface area contributed by atoms with Crippen LogP contribution in [0.2, 0.25) is 0 Å². The lowest BCUT2D eigenvalue weighted by molar-refractivity contribution is -0.171. The van der Waals surface area contributed by atoms with Crippen molar-refractivity contribution in [3.05, 3.63) is 35.9 Å². The molecule has 1 aromatic carbocycles. The zero-order chi connectivity index (χ0) is 11.6. The molecule has 1 aromatic rings. The van der Waals surface area contributed by atoms with Gasteiger partial charge in [0, 0.05) is 12.5 Å². The van der Waals surface area contributed by atoms with Gasteiger partial charge in [-0.1, -0.05) is 44.2 Å². The number of benzene rings is 1. The molecule has 1 heterocycles. The molecule has 1 fully saturated rings. The average Bonchev–Trinajstić information content (AvgIpc) is 2.31. The topological polar surface area (TPSA) is 12.5 Å². The first-order valence-electron chi connectivity index (χ1n) is 6.07. The maximum absolute atomic E-state index is 6.15. The summed E-state index contributed by atoms with van der Waals surface area (Å²) in [6, 6.07) is 10.6. The highest BCUT2D eigenvalue weighted by molar-refractivity contribution is 5.24. The third kappa shape index (κ3) is 1.87. The van der Waals surface area contributed by atoms with Crippen molar-refractivity contribution >= 4 is 0 Å². The van der Waals surface area contributed by atoms with Crippen LogP contribution in [0.1, 0.15) is 25.8 Å². The van der Waals surface area contributed by atoms with Crippen molar-refractivity contribution in [1.82, 2.24) is 4.90 Å². The molecule has 2 atom stereocenters. The molecule has 88 valence electrons. The molecule has 1 aliphatic rings. The van der Waals surface area contributed by atoms with E-state index < -0.39 is 0 Å². The summed E-state index contributed by atoms with van der Waals surface area (Å²) in [7, 11) is 2.11. The van der Waals surface area contributed by atoms with Crippen molar-refractivity contribution in [2.24, 2.45) is 5.92 Å². The number of hydrogen-bond acceptors (Lipinski definition) is 2. The summed E-state index contributed by atoms with van der Waals surface area (Å²) >= 11 is 0. The molecule has 0 amide bonds. The third-order valence-electron chi connectivity index (χ3n) is 3.71. The van der Waals surface area contributed by atoms with Gasteiger partial charge < -0.3 is 4.74 Å². The Morgan fingerprint density at radius 2 is 2.06 bits per heavy atom. The molecule has 0 N–H and O–H groups in total. The minimum atomic E-state index is -0.0895. The number of rotatable bonds is 2. The van der Waals surface area contributed by atoms with Gasteiger partial charge in [-0.2, -0.15) is 0 Å². The molecule has 2 nitrogen and oxygen atoms in total. The molecule has 2 heteroatoms. The van der Waals surface area contributed by atoms with Crippen LogP contribution in [0.3, 0.4) is 0 Å². The van der Waals surface area contributed by atoms with E-state index >= 15 is 0 Å². The van der Waals surface area contributed by atoms with Gasteiger partial charge in [-0.15, -0.1) is 0 Å². The van der Waals surface area contributed by atoms with E-state index in [1.807, 2.05) is 0 Å². The summed E-state index contributed by atoms with van der Waals surface area (Å²) < 4.78 is 6.15. The van der Waals surface area contributed by atoms with Crippen LogP contribution >= 0.6 is 0 Å². The predicted octanol–water partition coefficient (Wildman–Crippen LogP) is 2.85. The molecular weight excluding hydrogens is 198 g/mol. The van der Waals surface area contributed by atoms with Crippen LogP contribution in [0, 0.1) is 5.92 Å².